The van der Waals surface area contributed by atoms with Crippen molar-refractivity contribution in [2.75, 3.05) is 0 Å². The molecule has 1 heterocycles. The lowest BCUT2D eigenvalue weighted by molar-refractivity contribution is 0.477. The molecule has 2 N–H and O–H groups in total. The highest BCUT2D eigenvalue weighted by Gasteiger charge is 2.13. The number of hydrogen-bond acceptors (Lipinski definition) is 3. The molecule has 1 aromatic heterocycles. The summed E-state index contributed by atoms with van der Waals surface area (Å²) in [5, 5.41) is 0. The summed E-state index contributed by atoms with van der Waals surface area (Å²) in [4.78, 5) is 4.41. The van der Waals surface area contributed by atoms with Gasteiger partial charge in [0.2, 0.25) is 0 Å². The molecule has 1 aromatic carbocycles. The monoisotopic (exact) mass is 216 g/mol. The molecular weight excluding hydrogens is 200 g/mol. The summed E-state index contributed by atoms with van der Waals surface area (Å²) in [5.74, 6) is 1.42. The average molecular weight is 216 g/mol. The number of aryl methyl sites for hydroxylation is 3. The fourth-order valence-corrected chi connectivity index (χ4v) is 1.81. The number of oxazole rings is 1. The van der Waals surface area contributed by atoms with Crippen molar-refractivity contribution in [2.45, 2.75) is 27.3 Å². The van der Waals surface area contributed by atoms with E-state index in [1.54, 1.807) is 0 Å². The van der Waals surface area contributed by atoms with Crippen molar-refractivity contribution in [3.8, 4) is 11.3 Å². The second-order valence-corrected chi connectivity index (χ2v) is 4.03. The summed E-state index contributed by atoms with van der Waals surface area (Å²) in [6, 6.07) is 6.30. The van der Waals surface area contributed by atoms with E-state index in [-0.39, 0.29) is 0 Å². The quantitative estimate of drug-likeness (QED) is 0.839. The van der Waals surface area contributed by atoms with Crippen molar-refractivity contribution in [1.29, 1.82) is 0 Å². The second kappa shape index (κ2) is 4.10. The minimum absolute atomic E-state index is 0.379. The number of rotatable bonds is 2. The van der Waals surface area contributed by atoms with E-state index in [1.165, 1.54) is 11.1 Å². The molecule has 0 aliphatic heterocycles. The van der Waals surface area contributed by atoms with Crippen molar-refractivity contribution in [1.82, 2.24) is 4.98 Å². The highest BCUT2D eigenvalue weighted by Crippen LogP contribution is 2.27. The molecule has 0 spiro atoms. The summed E-state index contributed by atoms with van der Waals surface area (Å²) in [6.07, 6.45) is 0. The van der Waals surface area contributed by atoms with Crippen molar-refractivity contribution >= 4 is 0 Å². The summed E-state index contributed by atoms with van der Waals surface area (Å²) in [7, 11) is 0. The van der Waals surface area contributed by atoms with E-state index < -0.39 is 0 Å². The molecule has 0 unspecified atom stereocenters. The molecule has 2 rings (SSSR count). The Labute approximate surface area is 95.3 Å². The van der Waals surface area contributed by atoms with Crippen LogP contribution in [0.1, 0.15) is 22.8 Å². The van der Waals surface area contributed by atoms with Crippen LogP contribution < -0.4 is 5.73 Å². The maximum Gasteiger partial charge on any atom is 0.191 e. The van der Waals surface area contributed by atoms with Gasteiger partial charge in [-0.1, -0.05) is 17.7 Å². The van der Waals surface area contributed by atoms with Crippen LogP contribution >= 0.6 is 0 Å². The first-order valence-electron chi connectivity index (χ1n) is 5.36. The number of nitrogens with two attached hydrogens (primary N) is 1. The van der Waals surface area contributed by atoms with E-state index in [1.807, 2.05) is 6.92 Å². The minimum Gasteiger partial charge on any atom is -0.444 e. The molecule has 16 heavy (non-hydrogen) atoms. The van der Waals surface area contributed by atoms with Crippen molar-refractivity contribution < 1.29 is 4.42 Å². The highest BCUT2D eigenvalue weighted by atomic mass is 16.4. The molecule has 0 amide bonds. The average Bonchev–Trinajstić information content (AvgIpc) is 2.63. The molecule has 0 atom stereocenters. The first-order chi connectivity index (χ1) is 7.61. The Hall–Kier alpha value is -1.61. The fourth-order valence-electron chi connectivity index (χ4n) is 1.81. The molecule has 3 heteroatoms. The van der Waals surface area contributed by atoms with Gasteiger partial charge in [-0.05, 0) is 25.5 Å². The van der Waals surface area contributed by atoms with E-state index in [4.69, 9.17) is 10.2 Å². The van der Waals surface area contributed by atoms with Gasteiger partial charge < -0.3 is 10.2 Å². The van der Waals surface area contributed by atoms with Gasteiger partial charge in [0.15, 0.2) is 5.89 Å². The van der Waals surface area contributed by atoms with Gasteiger partial charge in [0, 0.05) is 12.5 Å². The maximum atomic E-state index is 5.66. The normalized spacial score (nSPS) is 10.8. The summed E-state index contributed by atoms with van der Waals surface area (Å²) < 4.78 is 5.48. The Kier molecular flexibility index (Phi) is 2.79. The Morgan fingerprint density at radius 2 is 2.00 bits per heavy atom. The van der Waals surface area contributed by atoms with Crippen molar-refractivity contribution in [2.24, 2.45) is 5.73 Å². The van der Waals surface area contributed by atoms with Crippen molar-refractivity contribution in [3.05, 3.63) is 41.0 Å². The van der Waals surface area contributed by atoms with Gasteiger partial charge in [0.1, 0.15) is 11.5 Å². The first-order valence-corrected chi connectivity index (χ1v) is 5.36. The zero-order chi connectivity index (χ0) is 11.7. The third kappa shape index (κ3) is 1.86. The molecule has 0 saturated heterocycles. The lowest BCUT2D eigenvalue weighted by Crippen LogP contribution is -1.97. The van der Waals surface area contributed by atoms with Gasteiger partial charge in [-0.25, -0.2) is 4.98 Å². The van der Waals surface area contributed by atoms with Gasteiger partial charge >= 0.3 is 0 Å². The Balaban J connectivity index is 2.61. The van der Waals surface area contributed by atoms with Gasteiger partial charge in [0.05, 0.1) is 6.54 Å². The molecule has 0 aliphatic carbocycles. The standard InChI is InChI=1S/C13H16N2O/c1-8-4-5-9(2)11(6-8)13-12(7-14)16-10(3)15-13/h4-6H,7,14H2,1-3H3. The van der Waals surface area contributed by atoms with Crippen LogP contribution in [-0.4, -0.2) is 4.98 Å². The second-order valence-electron chi connectivity index (χ2n) is 4.03. The Morgan fingerprint density at radius 1 is 1.25 bits per heavy atom. The van der Waals surface area contributed by atoms with Crippen LogP contribution in [-0.2, 0) is 6.54 Å². The van der Waals surface area contributed by atoms with Gasteiger partial charge in [-0.2, -0.15) is 0 Å². The molecular formula is C13H16N2O. The third-order valence-electron chi connectivity index (χ3n) is 2.64. The fraction of sp³-hybridized carbons (Fsp3) is 0.308. The largest absolute Gasteiger partial charge is 0.444 e. The van der Waals surface area contributed by atoms with Crippen LogP contribution in [0.3, 0.4) is 0 Å². The molecule has 2 aromatic rings. The minimum atomic E-state index is 0.379. The highest BCUT2D eigenvalue weighted by molar-refractivity contribution is 5.66. The number of benzene rings is 1. The Bertz CT molecular complexity index is 515. The molecule has 0 bridgehead atoms. The molecule has 0 aliphatic rings. The van der Waals surface area contributed by atoms with Crippen molar-refractivity contribution in [3.63, 3.8) is 0 Å². The molecule has 0 saturated carbocycles. The smallest absolute Gasteiger partial charge is 0.191 e. The lowest BCUT2D eigenvalue weighted by Gasteiger charge is -2.05. The predicted molar refractivity (Wildman–Crippen MR) is 64.0 cm³/mol. The van der Waals surface area contributed by atoms with E-state index in [0.717, 1.165) is 17.0 Å². The molecule has 0 fully saturated rings. The van der Waals surface area contributed by atoms with E-state index in [0.29, 0.717) is 12.4 Å². The molecule has 84 valence electrons. The summed E-state index contributed by atoms with van der Waals surface area (Å²) in [6.45, 7) is 6.36. The SMILES string of the molecule is Cc1ccc(C)c(-c2nc(C)oc2CN)c1. The number of hydrogen-bond donors (Lipinski definition) is 1. The Morgan fingerprint density at radius 3 is 2.69 bits per heavy atom. The van der Waals surface area contributed by atoms with Crippen LogP contribution in [0.2, 0.25) is 0 Å². The summed E-state index contributed by atoms with van der Waals surface area (Å²) >= 11 is 0. The first kappa shape index (κ1) is 10.9. The van der Waals surface area contributed by atoms with Gasteiger partial charge in [0.25, 0.3) is 0 Å². The van der Waals surface area contributed by atoms with Crippen LogP contribution in [0.5, 0.6) is 0 Å². The summed E-state index contributed by atoms with van der Waals surface area (Å²) in [5.41, 5.74) is 10.0. The number of aromatic nitrogens is 1. The third-order valence-corrected chi connectivity index (χ3v) is 2.64. The zero-order valence-electron chi connectivity index (χ0n) is 9.87. The predicted octanol–water partition coefficient (Wildman–Crippen LogP) is 2.73. The lowest BCUT2D eigenvalue weighted by atomic mass is 10.0. The van der Waals surface area contributed by atoms with Gasteiger partial charge in [-0.15, -0.1) is 0 Å². The topological polar surface area (TPSA) is 52.0 Å². The van der Waals surface area contributed by atoms with Crippen LogP contribution in [0.25, 0.3) is 11.3 Å². The van der Waals surface area contributed by atoms with E-state index in [2.05, 4.69) is 37.0 Å². The van der Waals surface area contributed by atoms with Crippen LogP contribution in [0, 0.1) is 20.8 Å². The molecule has 0 radical (unpaired) electrons. The van der Waals surface area contributed by atoms with E-state index in [9.17, 15) is 0 Å². The maximum absolute atomic E-state index is 5.66. The number of nitrogens with zero attached hydrogens (tertiary/aromatic N) is 1. The zero-order valence-corrected chi connectivity index (χ0v) is 9.87. The van der Waals surface area contributed by atoms with E-state index >= 15 is 0 Å². The van der Waals surface area contributed by atoms with Crippen LogP contribution in [0.15, 0.2) is 22.6 Å². The van der Waals surface area contributed by atoms with Crippen LogP contribution in [0.4, 0.5) is 0 Å². The van der Waals surface area contributed by atoms with Gasteiger partial charge in [-0.3, -0.25) is 0 Å². The molecule has 3 nitrogen and oxygen atoms in total.